The second kappa shape index (κ2) is 5.00. The zero-order valence-electron chi connectivity index (χ0n) is 11.7. The van der Waals surface area contributed by atoms with E-state index in [1.807, 2.05) is 0 Å². The van der Waals surface area contributed by atoms with Crippen LogP contribution in [0, 0.1) is 0 Å². The maximum absolute atomic E-state index is 11.8. The Balaban J connectivity index is 2.70. The summed E-state index contributed by atoms with van der Waals surface area (Å²) in [5.41, 5.74) is 1.05. The lowest BCUT2D eigenvalue weighted by molar-refractivity contribution is 0.0784. The van der Waals surface area contributed by atoms with E-state index in [1.165, 1.54) is 6.07 Å². The topological polar surface area (TPSA) is 67.3 Å². The van der Waals surface area contributed by atoms with E-state index < -0.39 is 15.4 Å². The lowest BCUT2D eigenvalue weighted by Gasteiger charge is -2.20. The molecule has 0 aliphatic rings. The smallest absolute Gasteiger partial charge is 0.175 e. The fourth-order valence-corrected chi connectivity index (χ4v) is 2.56. The quantitative estimate of drug-likeness (QED) is 0.942. The SMILES string of the molecule is CC(C)(O)c1cc(-c2ccncc2)cc(S(C)(=O)=O)c1. The van der Waals surface area contributed by atoms with Crippen molar-refractivity contribution in [1.82, 2.24) is 4.98 Å². The van der Waals surface area contributed by atoms with Gasteiger partial charge in [0.15, 0.2) is 9.84 Å². The molecule has 2 aromatic rings. The van der Waals surface area contributed by atoms with E-state index in [0.717, 1.165) is 17.4 Å². The van der Waals surface area contributed by atoms with Gasteiger partial charge in [-0.25, -0.2) is 8.42 Å². The largest absolute Gasteiger partial charge is 0.386 e. The summed E-state index contributed by atoms with van der Waals surface area (Å²) in [6.45, 7) is 3.26. The number of nitrogens with zero attached hydrogens (tertiary/aromatic N) is 1. The molecule has 1 N–H and O–H groups in total. The zero-order valence-corrected chi connectivity index (χ0v) is 12.5. The second-order valence-electron chi connectivity index (χ2n) is 5.31. The molecule has 0 fully saturated rings. The number of sulfone groups is 1. The molecule has 1 heterocycles. The average molecular weight is 291 g/mol. The van der Waals surface area contributed by atoms with Crippen molar-refractivity contribution in [2.24, 2.45) is 0 Å². The highest BCUT2D eigenvalue weighted by Gasteiger charge is 2.20. The predicted octanol–water partition coefficient (Wildman–Crippen LogP) is 2.38. The molecule has 1 aromatic heterocycles. The summed E-state index contributed by atoms with van der Waals surface area (Å²) < 4.78 is 23.6. The summed E-state index contributed by atoms with van der Waals surface area (Å²) in [6.07, 6.45) is 4.45. The lowest BCUT2D eigenvalue weighted by Crippen LogP contribution is -2.16. The highest BCUT2D eigenvalue weighted by atomic mass is 32.2. The Morgan fingerprint density at radius 3 is 2.15 bits per heavy atom. The van der Waals surface area contributed by atoms with Gasteiger partial charge in [0, 0.05) is 18.6 Å². The first-order valence-electron chi connectivity index (χ1n) is 6.16. The summed E-state index contributed by atoms with van der Waals surface area (Å²) in [5, 5.41) is 10.1. The van der Waals surface area contributed by atoms with Gasteiger partial charge in [0.25, 0.3) is 0 Å². The van der Waals surface area contributed by atoms with E-state index >= 15 is 0 Å². The molecule has 0 unspecified atom stereocenters. The van der Waals surface area contributed by atoms with Crippen molar-refractivity contribution in [2.75, 3.05) is 6.26 Å². The van der Waals surface area contributed by atoms with Crippen molar-refractivity contribution in [3.8, 4) is 11.1 Å². The number of benzene rings is 1. The van der Waals surface area contributed by atoms with E-state index in [2.05, 4.69) is 4.98 Å². The number of aliphatic hydroxyl groups is 1. The Hall–Kier alpha value is -1.72. The van der Waals surface area contributed by atoms with Crippen molar-refractivity contribution in [3.63, 3.8) is 0 Å². The fourth-order valence-electron chi connectivity index (χ4n) is 1.88. The minimum atomic E-state index is -3.34. The molecule has 0 amide bonds. The molecule has 0 aliphatic carbocycles. The van der Waals surface area contributed by atoms with Crippen molar-refractivity contribution in [2.45, 2.75) is 24.3 Å². The molecule has 0 saturated heterocycles. The first-order chi connectivity index (χ1) is 9.18. The molecule has 0 bridgehead atoms. The Bertz CT molecular complexity index is 717. The van der Waals surface area contributed by atoms with Crippen LogP contribution in [-0.2, 0) is 15.4 Å². The molecule has 1 aromatic carbocycles. The van der Waals surface area contributed by atoms with Crippen LogP contribution in [0.1, 0.15) is 19.4 Å². The van der Waals surface area contributed by atoms with Crippen LogP contribution >= 0.6 is 0 Å². The minimum Gasteiger partial charge on any atom is -0.386 e. The molecule has 0 atom stereocenters. The van der Waals surface area contributed by atoms with Gasteiger partial charge in [-0.15, -0.1) is 0 Å². The number of pyridine rings is 1. The number of hydrogen-bond donors (Lipinski definition) is 1. The minimum absolute atomic E-state index is 0.198. The van der Waals surface area contributed by atoms with E-state index in [1.54, 1.807) is 50.5 Å². The van der Waals surface area contributed by atoms with Gasteiger partial charge in [0.1, 0.15) is 0 Å². The van der Waals surface area contributed by atoms with Crippen molar-refractivity contribution in [3.05, 3.63) is 48.3 Å². The van der Waals surface area contributed by atoms with Crippen LogP contribution in [0.3, 0.4) is 0 Å². The van der Waals surface area contributed by atoms with Crippen LogP contribution in [0.15, 0.2) is 47.6 Å². The van der Waals surface area contributed by atoms with E-state index in [4.69, 9.17) is 0 Å². The fraction of sp³-hybridized carbons (Fsp3) is 0.267. The molecule has 20 heavy (non-hydrogen) atoms. The third kappa shape index (κ3) is 3.23. The van der Waals surface area contributed by atoms with Crippen molar-refractivity contribution >= 4 is 9.84 Å². The summed E-state index contributed by atoms with van der Waals surface area (Å²) in [6, 6.07) is 8.52. The Labute approximate surface area is 119 Å². The van der Waals surface area contributed by atoms with Crippen LogP contribution in [0.5, 0.6) is 0 Å². The number of aromatic nitrogens is 1. The van der Waals surface area contributed by atoms with E-state index in [-0.39, 0.29) is 4.90 Å². The predicted molar refractivity (Wildman–Crippen MR) is 78.0 cm³/mol. The first-order valence-corrected chi connectivity index (χ1v) is 8.05. The van der Waals surface area contributed by atoms with E-state index in [0.29, 0.717) is 5.56 Å². The van der Waals surface area contributed by atoms with Gasteiger partial charge >= 0.3 is 0 Å². The van der Waals surface area contributed by atoms with Gasteiger partial charge in [-0.05, 0) is 60.9 Å². The maximum atomic E-state index is 11.8. The maximum Gasteiger partial charge on any atom is 0.175 e. The van der Waals surface area contributed by atoms with Gasteiger partial charge < -0.3 is 5.11 Å². The third-order valence-electron chi connectivity index (χ3n) is 3.05. The van der Waals surface area contributed by atoms with Crippen molar-refractivity contribution in [1.29, 1.82) is 0 Å². The lowest BCUT2D eigenvalue weighted by atomic mass is 9.94. The van der Waals surface area contributed by atoms with E-state index in [9.17, 15) is 13.5 Å². The Morgan fingerprint density at radius 1 is 1.05 bits per heavy atom. The molecule has 5 heteroatoms. The van der Waals surface area contributed by atoms with Crippen LogP contribution < -0.4 is 0 Å². The van der Waals surface area contributed by atoms with Crippen LogP contribution in [0.2, 0.25) is 0 Å². The van der Waals surface area contributed by atoms with Crippen LogP contribution in [0.25, 0.3) is 11.1 Å². The molecule has 106 valence electrons. The first kappa shape index (κ1) is 14.7. The monoisotopic (exact) mass is 291 g/mol. The molecule has 0 aliphatic heterocycles. The van der Waals surface area contributed by atoms with Crippen molar-refractivity contribution < 1.29 is 13.5 Å². The highest BCUT2D eigenvalue weighted by molar-refractivity contribution is 7.90. The van der Waals surface area contributed by atoms with Gasteiger partial charge in [0.05, 0.1) is 10.5 Å². The summed E-state index contributed by atoms with van der Waals surface area (Å²) in [4.78, 5) is 4.14. The third-order valence-corrected chi connectivity index (χ3v) is 4.15. The molecule has 4 nitrogen and oxygen atoms in total. The van der Waals surface area contributed by atoms with Gasteiger partial charge in [-0.1, -0.05) is 0 Å². The van der Waals surface area contributed by atoms with Gasteiger partial charge in [-0.3, -0.25) is 4.98 Å². The zero-order chi connectivity index (χ0) is 15.0. The van der Waals surface area contributed by atoms with Crippen LogP contribution in [-0.4, -0.2) is 24.8 Å². The molecule has 2 rings (SSSR count). The molecular weight excluding hydrogens is 274 g/mol. The normalized spacial score (nSPS) is 12.4. The molecule has 0 spiro atoms. The Kier molecular flexibility index (Phi) is 3.67. The summed E-state index contributed by atoms with van der Waals surface area (Å²) >= 11 is 0. The van der Waals surface area contributed by atoms with Crippen LogP contribution in [0.4, 0.5) is 0 Å². The Morgan fingerprint density at radius 2 is 1.65 bits per heavy atom. The summed E-state index contributed by atoms with van der Waals surface area (Å²) in [5.74, 6) is 0. The second-order valence-corrected chi connectivity index (χ2v) is 7.33. The summed E-state index contributed by atoms with van der Waals surface area (Å²) in [7, 11) is -3.34. The highest BCUT2D eigenvalue weighted by Crippen LogP contribution is 2.29. The van der Waals surface area contributed by atoms with Gasteiger partial charge in [-0.2, -0.15) is 0 Å². The molecular formula is C15H17NO3S. The molecule has 0 radical (unpaired) electrons. The number of rotatable bonds is 3. The average Bonchev–Trinajstić information content (AvgIpc) is 2.37. The standard InChI is InChI=1S/C15H17NO3S/c1-15(2,17)13-8-12(11-4-6-16-7-5-11)9-14(10-13)20(3,18)19/h4-10,17H,1-3H3. The number of hydrogen-bond acceptors (Lipinski definition) is 4. The molecule has 0 saturated carbocycles. The van der Waals surface area contributed by atoms with Gasteiger partial charge in [0.2, 0.25) is 0 Å².